The molecule has 0 spiro atoms. The van der Waals surface area contributed by atoms with Crippen LogP contribution in [0.5, 0.6) is 0 Å². The normalized spacial score (nSPS) is 10.8. The molecule has 0 radical (unpaired) electrons. The summed E-state index contributed by atoms with van der Waals surface area (Å²) in [5.41, 5.74) is 1.06. The van der Waals surface area contributed by atoms with Gasteiger partial charge in [-0.15, -0.1) is 0 Å². The quantitative estimate of drug-likeness (QED) is 0.813. The Hall–Kier alpha value is -0.990. The van der Waals surface area contributed by atoms with E-state index in [9.17, 15) is 0 Å². The molecule has 0 amide bonds. The minimum atomic E-state index is 0.665. The average molecular weight is 269 g/mol. The molecule has 0 unspecified atom stereocenters. The molecule has 0 aliphatic carbocycles. The Bertz CT molecular complexity index is 506. The Morgan fingerprint density at radius 1 is 1.29 bits per heavy atom. The van der Waals surface area contributed by atoms with Crippen molar-refractivity contribution in [2.45, 2.75) is 26.3 Å². The van der Waals surface area contributed by atoms with Gasteiger partial charge in [0.05, 0.1) is 6.54 Å². The molecule has 0 aliphatic rings. The molecule has 1 heterocycles. The van der Waals surface area contributed by atoms with Crippen LogP contribution in [0.25, 0.3) is 0 Å². The average Bonchev–Trinajstić information content (AvgIpc) is 2.71. The van der Waals surface area contributed by atoms with E-state index in [0.717, 1.165) is 30.8 Å². The molecule has 0 saturated carbocycles. The number of benzene rings is 1. The molecule has 1 aromatic heterocycles. The summed E-state index contributed by atoms with van der Waals surface area (Å²) in [5.74, 6) is 1.10. The maximum absolute atomic E-state index is 6.16. The predicted octanol–water partition coefficient (Wildman–Crippen LogP) is 4.19. The lowest BCUT2D eigenvalue weighted by Crippen LogP contribution is -2.04. The Labute approximate surface area is 111 Å². The molecule has 4 heteroatoms. The van der Waals surface area contributed by atoms with Gasteiger partial charge >= 0.3 is 0 Å². The maximum Gasteiger partial charge on any atom is 0.108 e. The van der Waals surface area contributed by atoms with Crippen LogP contribution in [0.2, 0.25) is 10.0 Å². The lowest BCUT2D eigenvalue weighted by Gasteiger charge is -2.09. The topological polar surface area (TPSA) is 17.8 Å². The highest BCUT2D eigenvalue weighted by atomic mass is 35.5. The van der Waals surface area contributed by atoms with Gasteiger partial charge in [0.1, 0.15) is 5.82 Å². The van der Waals surface area contributed by atoms with Gasteiger partial charge in [-0.1, -0.05) is 36.2 Å². The zero-order valence-electron chi connectivity index (χ0n) is 9.66. The van der Waals surface area contributed by atoms with Crippen molar-refractivity contribution in [1.82, 2.24) is 9.55 Å². The second-order valence-corrected chi connectivity index (χ2v) is 4.80. The van der Waals surface area contributed by atoms with E-state index in [2.05, 4.69) is 16.5 Å². The summed E-state index contributed by atoms with van der Waals surface area (Å²) in [6.07, 6.45) is 5.88. The number of nitrogens with zero attached hydrogens (tertiary/aromatic N) is 2. The Morgan fingerprint density at radius 3 is 2.82 bits per heavy atom. The van der Waals surface area contributed by atoms with Crippen LogP contribution in [0.15, 0.2) is 30.6 Å². The largest absolute Gasteiger partial charge is 0.330 e. The molecule has 2 rings (SSSR count). The molecule has 17 heavy (non-hydrogen) atoms. The summed E-state index contributed by atoms with van der Waals surface area (Å²) in [7, 11) is 0. The Balaban J connectivity index is 2.22. The van der Waals surface area contributed by atoms with Crippen LogP contribution in [0.1, 0.15) is 24.7 Å². The third-order valence-electron chi connectivity index (χ3n) is 2.63. The highest BCUT2D eigenvalue weighted by molar-refractivity contribution is 6.35. The molecule has 0 bridgehead atoms. The molecule has 0 saturated heterocycles. The van der Waals surface area contributed by atoms with Crippen LogP contribution >= 0.6 is 23.2 Å². The van der Waals surface area contributed by atoms with Gasteiger partial charge in [0, 0.05) is 28.9 Å². The summed E-state index contributed by atoms with van der Waals surface area (Å²) in [6.45, 7) is 2.89. The summed E-state index contributed by atoms with van der Waals surface area (Å²) in [5, 5.41) is 1.37. The second kappa shape index (κ2) is 5.56. The molecular weight excluding hydrogens is 255 g/mol. The first-order valence-electron chi connectivity index (χ1n) is 5.64. The van der Waals surface area contributed by atoms with Crippen molar-refractivity contribution in [3.63, 3.8) is 0 Å². The molecule has 0 aliphatic heterocycles. The Kier molecular flexibility index (Phi) is 4.08. The van der Waals surface area contributed by atoms with E-state index in [4.69, 9.17) is 23.2 Å². The van der Waals surface area contributed by atoms with Crippen LogP contribution in [0.3, 0.4) is 0 Å². The molecule has 2 aromatic rings. The second-order valence-electron chi connectivity index (χ2n) is 3.96. The standard InChI is InChI=1S/C13H14Cl2N2/c1-2-3-13-16-6-7-17(13)9-10-4-5-11(14)8-12(10)15/h4-8H,2-3,9H2,1H3. The lowest BCUT2D eigenvalue weighted by atomic mass is 10.2. The number of aromatic nitrogens is 2. The highest BCUT2D eigenvalue weighted by Crippen LogP contribution is 2.22. The number of aryl methyl sites for hydroxylation is 1. The number of rotatable bonds is 4. The minimum absolute atomic E-state index is 0.665. The van der Waals surface area contributed by atoms with E-state index in [1.165, 1.54) is 0 Å². The molecule has 0 fully saturated rings. The highest BCUT2D eigenvalue weighted by Gasteiger charge is 2.05. The van der Waals surface area contributed by atoms with Crippen molar-refractivity contribution in [3.8, 4) is 0 Å². The van der Waals surface area contributed by atoms with Crippen LogP contribution in [0, 0.1) is 0 Å². The fourth-order valence-corrected chi connectivity index (χ4v) is 2.24. The van der Waals surface area contributed by atoms with Gasteiger partial charge in [0.2, 0.25) is 0 Å². The first-order chi connectivity index (χ1) is 8.20. The van der Waals surface area contributed by atoms with Crippen molar-refractivity contribution in [3.05, 3.63) is 52.0 Å². The SMILES string of the molecule is CCCc1nccn1Cc1ccc(Cl)cc1Cl. The smallest absolute Gasteiger partial charge is 0.108 e. The molecule has 90 valence electrons. The number of hydrogen-bond acceptors (Lipinski definition) is 1. The summed E-state index contributed by atoms with van der Waals surface area (Å²) in [6, 6.07) is 5.59. The van der Waals surface area contributed by atoms with Crippen LogP contribution in [-0.2, 0) is 13.0 Å². The van der Waals surface area contributed by atoms with Gasteiger partial charge in [-0.25, -0.2) is 4.98 Å². The molecule has 2 nitrogen and oxygen atoms in total. The number of hydrogen-bond donors (Lipinski definition) is 0. The van der Waals surface area contributed by atoms with E-state index in [0.29, 0.717) is 10.0 Å². The van der Waals surface area contributed by atoms with Crippen molar-refractivity contribution >= 4 is 23.2 Å². The first-order valence-corrected chi connectivity index (χ1v) is 6.40. The fourth-order valence-electron chi connectivity index (χ4n) is 1.77. The van der Waals surface area contributed by atoms with Gasteiger partial charge in [0.15, 0.2) is 0 Å². The van der Waals surface area contributed by atoms with E-state index in [1.807, 2.05) is 24.5 Å². The molecular formula is C13H14Cl2N2. The van der Waals surface area contributed by atoms with Crippen molar-refractivity contribution < 1.29 is 0 Å². The predicted molar refractivity (Wildman–Crippen MR) is 71.8 cm³/mol. The van der Waals surface area contributed by atoms with Crippen LogP contribution in [-0.4, -0.2) is 9.55 Å². The summed E-state index contributed by atoms with van der Waals surface area (Å²) in [4.78, 5) is 4.34. The number of imidazole rings is 1. The van der Waals surface area contributed by atoms with E-state index in [1.54, 1.807) is 6.07 Å². The monoisotopic (exact) mass is 268 g/mol. The minimum Gasteiger partial charge on any atom is -0.330 e. The third kappa shape index (κ3) is 3.02. The van der Waals surface area contributed by atoms with Crippen LogP contribution < -0.4 is 0 Å². The molecule has 0 atom stereocenters. The van der Waals surface area contributed by atoms with Gasteiger partial charge in [-0.05, 0) is 24.1 Å². The van der Waals surface area contributed by atoms with Gasteiger partial charge in [-0.2, -0.15) is 0 Å². The van der Waals surface area contributed by atoms with Gasteiger partial charge < -0.3 is 4.57 Å². The zero-order valence-corrected chi connectivity index (χ0v) is 11.2. The van der Waals surface area contributed by atoms with Gasteiger partial charge in [-0.3, -0.25) is 0 Å². The van der Waals surface area contributed by atoms with E-state index >= 15 is 0 Å². The van der Waals surface area contributed by atoms with E-state index in [-0.39, 0.29) is 0 Å². The number of halogens is 2. The first kappa shape index (κ1) is 12.5. The van der Waals surface area contributed by atoms with Crippen molar-refractivity contribution in [2.24, 2.45) is 0 Å². The fraction of sp³-hybridized carbons (Fsp3) is 0.308. The molecule has 1 aromatic carbocycles. The van der Waals surface area contributed by atoms with Crippen molar-refractivity contribution in [1.29, 1.82) is 0 Å². The third-order valence-corrected chi connectivity index (χ3v) is 3.22. The van der Waals surface area contributed by atoms with Gasteiger partial charge in [0.25, 0.3) is 0 Å². The van der Waals surface area contributed by atoms with Crippen LogP contribution in [0.4, 0.5) is 0 Å². The maximum atomic E-state index is 6.16. The Morgan fingerprint density at radius 2 is 2.12 bits per heavy atom. The summed E-state index contributed by atoms with van der Waals surface area (Å²) >= 11 is 12.0. The lowest BCUT2D eigenvalue weighted by molar-refractivity contribution is 0.705. The summed E-state index contributed by atoms with van der Waals surface area (Å²) < 4.78 is 2.12. The van der Waals surface area contributed by atoms with E-state index < -0.39 is 0 Å². The molecule has 0 N–H and O–H groups in total. The zero-order chi connectivity index (χ0) is 12.3. The van der Waals surface area contributed by atoms with Crippen molar-refractivity contribution in [2.75, 3.05) is 0 Å².